The summed E-state index contributed by atoms with van der Waals surface area (Å²) in [5.74, 6) is -2.07. The van der Waals surface area contributed by atoms with E-state index in [0.717, 1.165) is 12.4 Å². The summed E-state index contributed by atoms with van der Waals surface area (Å²) in [6.07, 6.45) is 3.03. The van der Waals surface area contributed by atoms with E-state index in [4.69, 9.17) is 10.5 Å². The van der Waals surface area contributed by atoms with Gasteiger partial charge in [0.05, 0.1) is 11.9 Å². The van der Waals surface area contributed by atoms with Crippen LogP contribution in [0.3, 0.4) is 0 Å². The van der Waals surface area contributed by atoms with Crippen molar-refractivity contribution in [1.82, 2.24) is 15.3 Å². The van der Waals surface area contributed by atoms with Crippen LogP contribution in [0.25, 0.3) is 0 Å². The lowest BCUT2D eigenvalue weighted by molar-refractivity contribution is -0.135. The quantitative estimate of drug-likeness (QED) is 0.357. The summed E-state index contributed by atoms with van der Waals surface area (Å²) in [7, 11) is 0. The number of nitrogens with zero attached hydrogens (tertiary/aromatic N) is 2. The molecular weight excluding hydrogens is 393 g/mol. The van der Waals surface area contributed by atoms with Gasteiger partial charge in [-0.2, -0.15) is 13.8 Å². The lowest BCUT2D eigenvalue weighted by atomic mass is 10.2. The molecule has 154 valence electrons. The SMILES string of the molecule is N=C/C(=C\NCC(=O)O)Nc1ncc(F)c(NCc2cccc(OC(F)F)c2)n1. The van der Waals surface area contributed by atoms with Gasteiger partial charge in [0.1, 0.15) is 12.3 Å². The molecule has 0 aliphatic heterocycles. The highest BCUT2D eigenvalue weighted by Crippen LogP contribution is 2.18. The molecule has 0 radical (unpaired) electrons. The van der Waals surface area contributed by atoms with E-state index in [1.54, 1.807) is 6.07 Å². The Labute approximate surface area is 163 Å². The van der Waals surface area contributed by atoms with Gasteiger partial charge in [-0.3, -0.25) is 4.79 Å². The number of hydrogen-bond acceptors (Lipinski definition) is 8. The number of aromatic nitrogens is 2. The zero-order chi connectivity index (χ0) is 21.2. The van der Waals surface area contributed by atoms with Crippen LogP contribution < -0.4 is 20.7 Å². The fraction of sp³-hybridized carbons (Fsp3) is 0.176. The van der Waals surface area contributed by atoms with Crippen LogP contribution in [-0.2, 0) is 11.3 Å². The maximum absolute atomic E-state index is 14.0. The van der Waals surface area contributed by atoms with Crippen LogP contribution in [-0.4, -0.2) is 40.4 Å². The summed E-state index contributed by atoms with van der Waals surface area (Å²) in [6.45, 7) is -3.24. The van der Waals surface area contributed by atoms with Crippen molar-refractivity contribution in [1.29, 1.82) is 5.41 Å². The number of carboxylic acid groups (broad SMARTS) is 1. The van der Waals surface area contributed by atoms with E-state index >= 15 is 0 Å². The second-order valence-electron chi connectivity index (χ2n) is 5.41. The van der Waals surface area contributed by atoms with Crippen molar-refractivity contribution in [3.63, 3.8) is 0 Å². The number of carbonyl (C=O) groups is 1. The molecule has 0 unspecified atom stereocenters. The number of hydrogen-bond donors (Lipinski definition) is 5. The third-order valence-electron chi connectivity index (χ3n) is 3.25. The molecular formula is C17H17F3N6O3. The monoisotopic (exact) mass is 410 g/mol. The molecule has 12 heteroatoms. The number of benzene rings is 1. The number of ether oxygens (including phenoxy) is 1. The molecule has 0 fully saturated rings. The van der Waals surface area contributed by atoms with Gasteiger partial charge >= 0.3 is 12.6 Å². The standard InChI is InChI=1S/C17H17F3N6O3/c18-13-8-24-17(25-11(5-21)7-22-9-14(27)28)26-15(13)23-6-10-2-1-3-12(4-10)29-16(19)20/h1-5,7-8,16,21-22H,6,9H2,(H,27,28)(H2,23,24,25,26)/b11-7+,21-5?. The number of rotatable bonds is 11. The highest BCUT2D eigenvalue weighted by molar-refractivity contribution is 5.79. The molecule has 0 saturated carbocycles. The van der Waals surface area contributed by atoms with E-state index in [1.807, 2.05) is 0 Å². The number of carboxylic acids is 1. The zero-order valence-electron chi connectivity index (χ0n) is 14.8. The Hall–Kier alpha value is -3.83. The summed E-state index contributed by atoms with van der Waals surface area (Å²) in [4.78, 5) is 18.2. The van der Waals surface area contributed by atoms with Crippen LogP contribution >= 0.6 is 0 Å². The van der Waals surface area contributed by atoms with Gasteiger partial charge in [0.15, 0.2) is 11.6 Å². The van der Waals surface area contributed by atoms with Crippen LogP contribution in [0.4, 0.5) is 24.9 Å². The molecule has 2 aromatic rings. The molecule has 0 atom stereocenters. The minimum atomic E-state index is -2.95. The maximum Gasteiger partial charge on any atom is 0.387 e. The Morgan fingerprint density at radius 2 is 2.17 bits per heavy atom. The van der Waals surface area contributed by atoms with Gasteiger partial charge in [-0.1, -0.05) is 12.1 Å². The van der Waals surface area contributed by atoms with Crippen molar-refractivity contribution in [3.8, 4) is 5.75 Å². The van der Waals surface area contributed by atoms with E-state index in [0.29, 0.717) is 5.56 Å². The number of alkyl halides is 2. The lowest BCUT2D eigenvalue weighted by Crippen LogP contribution is -2.19. The van der Waals surface area contributed by atoms with Crippen LogP contribution in [0, 0.1) is 11.2 Å². The third-order valence-corrected chi connectivity index (χ3v) is 3.25. The molecule has 0 spiro atoms. The Morgan fingerprint density at radius 3 is 2.86 bits per heavy atom. The molecule has 0 amide bonds. The highest BCUT2D eigenvalue weighted by atomic mass is 19.3. The summed E-state index contributed by atoms with van der Waals surface area (Å²) in [5.41, 5.74) is 0.689. The van der Waals surface area contributed by atoms with E-state index in [-0.39, 0.29) is 36.3 Å². The average molecular weight is 410 g/mol. The maximum atomic E-state index is 14.0. The van der Waals surface area contributed by atoms with Crippen molar-refractivity contribution < 1.29 is 27.8 Å². The predicted octanol–water partition coefficient (Wildman–Crippen LogP) is 2.41. The molecule has 0 aliphatic carbocycles. The van der Waals surface area contributed by atoms with Crippen LogP contribution in [0.2, 0.25) is 0 Å². The molecule has 0 saturated heterocycles. The normalized spacial score (nSPS) is 11.1. The summed E-state index contributed by atoms with van der Waals surface area (Å²) < 4.78 is 42.8. The molecule has 1 aromatic heterocycles. The summed E-state index contributed by atoms with van der Waals surface area (Å²) >= 11 is 0. The molecule has 9 nitrogen and oxygen atoms in total. The minimum Gasteiger partial charge on any atom is -0.480 e. The van der Waals surface area contributed by atoms with E-state index in [2.05, 4.69) is 30.7 Å². The Bertz CT molecular complexity index is 894. The smallest absolute Gasteiger partial charge is 0.387 e. The Kier molecular flexibility index (Phi) is 7.77. The molecule has 2 rings (SSSR count). The van der Waals surface area contributed by atoms with Crippen LogP contribution in [0.1, 0.15) is 5.56 Å². The molecule has 1 heterocycles. The lowest BCUT2D eigenvalue weighted by Gasteiger charge is -2.11. The van der Waals surface area contributed by atoms with Gasteiger partial charge in [0, 0.05) is 19.0 Å². The van der Waals surface area contributed by atoms with E-state index in [9.17, 15) is 18.0 Å². The van der Waals surface area contributed by atoms with Gasteiger partial charge in [-0.25, -0.2) is 9.37 Å². The zero-order valence-corrected chi connectivity index (χ0v) is 14.8. The molecule has 5 N–H and O–H groups in total. The van der Waals surface area contributed by atoms with Gasteiger partial charge in [-0.05, 0) is 17.7 Å². The second-order valence-corrected chi connectivity index (χ2v) is 5.41. The Balaban J connectivity index is 2.05. The van der Waals surface area contributed by atoms with Crippen molar-refractivity contribution in [2.24, 2.45) is 0 Å². The first-order valence-electron chi connectivity index (χ1n) is 8.10. The number of nitrogens with one attached hydrogen (secondary N) is 4. The first-order chi connectivity index (χ1) is 13.9. The minimum absolute atomic E-state index is 0.0283. The van der Waals surface area contributed by atoms with Gasteiger partial charge in [0.2, 0.25) is 5.95 Å². The highest BCUT2D eigenvalue weighted by Gasteiger charge is 2.09. The summed E-state index contributed by atoms with van der Waals surface area (Å²) in [6, 6.07) is 5.89. The molecule has 0 bridgehead atoms. The second kappa shape index (κ2) is 10.5. The van der Waals surface area contributed by atoms with E-state index in [1.165, 1.54) is 24.4 Å². The van der Waals surface area contributed by atoms with E-state index < -0.39 is 18.4 Å². The van der Waals surface area contributed by atoms with Crippen molar-refractivity contribution in [2.45, 2.75) is 13.2 Å². The largest absolute Gasteiger partial charge is 0.480 e. The van der Waals surface area contributed by atoms with Gasteiger partial charge < -0.3 is 31.2 Å². The molecule has 0 aliphatic rings. The molecule has 1 aromatic carbocycles. The number of halogens is 3. The van der Waals surface area contributed by atoms with Crippen LogP contribution in [0.5, 0.6) is 5.75 Å². The number of allylic oxidation sites excluding steroid dienone is 1. The third kappa shape index (κ3) is 7.36. The Morgan fingerprint density at radius 1 is 1.38 bits per heavy atom. The van der Waals surface area contributed by atoms with Crippen molar-refractivity contribution in [3.05, 3.63) is 53.7 Å². The molecule has 29 heavy (non-hydrogen) atoms. The van der Waals surface area contributed by atoms with Gasteiger partial charge in [0.25, 0.3) is 0 Å². The fourth-order valence-corrected chi connectivity index (χ4v) is 2.06. The van der Waals surface area contributed by atoms with Gasteiger partial charge in [-0.15, -0.1) is 0 Å². The topological polar surface area (TPSA) is 132 Å². The first-order valence-corrected chi connectivity index (χ1v) is 8.10. The fourth-order valence-electron chi connectivity index (χ4n) is 2.06. The first kappa shape index (κ1) is 21.5. The van der Waals surface area contributed by atoms with Crippen molar-refractivity contribution >= 4 is 24.0 Å². The van der Waals surface area contributed by atoms with Crippen LogP contribution in [0.15, 0.2) is 42.4 Å². The predicted molar refractivity (Wildman–Crippen MR) is 98.5 cm³/mol. The average Bonchev–Trinajstić information content (AvgIpc) is 2.67. The summed E-state index contributed by atoms with van der Waals surface area (Å²) in [5, 5.41) is 23.7. The number of aliphatic carboxylic acids is 1. The van der Waals surface area contributed by atoms with Crippen molar-refractivity contribution in [2.75, 3.05) is 17.2 Å². The number of anilines is 2.